The topological polar surface area (TPSA) is 21.3 Å². The molecule has 2 aromatic carbocycles. The molecule has 0 radical (unpaired) electrons. The summed E-state index contributed by atoms with van der Waals surface area (Å²) >= 11 is 0. The molecule has 0 saturated carbocycles. The quantitative estimate of drug-likeness (QED) is 0.923. The monoisotopic (exact) mass is 279 g/mol. The van der Waals surface area contributed by atoms with E-state index in [1.165, 1.54) is 29.5 Å². The average molecular weight is 279 g/mol. The number of hydrogen-bond donors (Lipinski definition) is 1. The molecule has 1 heterocycles. The van der Waals surface area contributed by atoms with E-state index in [2.05, 4.69) is 54.8 Å². The maximum Gasteiger partial charge on any atom is 0.122 e. The summed E-state index contributed by atoms with van der Waals surface area (Å²) in [6.07, 6.45) is 3.45. The van der Waals surface area contributed by atoms with Crippen LogP contribution in [0.25, 0.3) is 0 Å². The van der Waals surface area contributed by atoms with Gasteiger partial charge < -0.3 is 10.1 Å². The maximum absolute atomic E-state index is 5.61. The summed E-state index contributed by atoms with van der Waals surface area (Å²) in [6, 6.07) is 16.0. The highest BCUT2D eigenvalue weighted by Gasteiger charge is 2.28. The van der Waals surface area contributed by atoms with E-state index in [9.17, 15) is 0 Å². The van der Waals surface area contributed by atoms with Crippen molar-refractivity contribution in [1.29, 1.82) is 0 Å². The first-order valence-corrected chi connectivity index (χ1v) is 7.86. The van der Waals surface area contributed by atoms with Gasteiger partial charge in [-0.25, -0.2) is 0 Å². The van der Waals surface area contributed by atoms with Crippen molar-refractivity contribution in [3.63, 3.8) is 0 Å². The van der Waals surface area contributed by atoms with Crippen LogP contribution in [-0.2, 0) is 12.8 Å². The number of ether oxygens (including phenoxy) is 1. The number of rotatable bonds is 4. The molecule has 1 aliphatic carbocycles. The molecule has 0 saturated heterocycles. The Kier molecular flexibility index (Phi) is 3.19. The molecule has 2 heteroatoms. The van der Waals surface area contributed by atoms with E-state index in [4.69, 9.17) is 4.74 Å². The van der Waals surface area contributed by atoms with Gasteiger partial charge in [0.05, 0.1) is 6.61 Å². The zero-order chi connectivity index (χ0) is 14.2. The lowest BCUT2D eigenvalue weighted by atomic mass is 9.73. The SMILES string of the molecule is CNC(CC1Cc2ccccc21)c1ccc2c(c1)CCO2. The second kappa shape index (κ2) is 5.19. The number of hydrogen-bond acceptors (Lipinski definition) is 2. The molecular formula is C19H21NO. The van der Waals surface area contributed by atoms with Gasteiger partial charge in [-0.05, 0) is 54.1 Å². The normalized spacial score (nSPS) is 20.1. The standard InChI is InChI=1S/C19H21NO/c1-20-18(12-16-10-13-4-2-3-5-17(13)16)14-6-7-19-15(11-14)8-9-21-19/h2-7,11,16,18,20H,8-10,12H2,1H3. The van der Waals surface area contributed by atoms with E-state index in [0.29, 0.717) is 12.0 Å². The van der Waals surface area contributed by atoms with Crippen LogP contribution in [0.3, 0.4) is 0 Å². The van der Waals surface area contributed by atoms with Gasteiger partial charge in [0, 0.05) is 12.5 Å². The van der Waals surface area contributed by atoms with Crippen molar-refractivity contribution in [2.45, 2.75) is 31.2 Å². The molecule has 0 fully saturated rings. The van der Waals surface area contributed by atoms with Crippen LogP contribution < -0.4 is 10.1 Å². The molecule has 21 heavy (non-hydrogen) atoms. The van der Waals surface area contributed by atoms with Gasteiger partial charge in [-0.3, -0.25) is 0 Å². The molecule has 0 spiro atoms. The Bertz CT molecular complexity index is 664. The molecular weight excluding hydrogens is 258 g/mol. The third-order valence-electron chi connectivity index (χ3n) is 4.95. The summed E-state index contributed by atoms with van der Waals surface area (Å²) < 4.78 is 5.61. The molecule has 1 aliphatic heterocycles. The Morgan fingerprint density at radius 2 is 2.10 bits per heavy atom. The van der Waals surface area contributed by atoms with Crippen molar-refractivity contribution in [2.75, 3.05) is 13.7 Å². The molecule has 2 nitrogen and oxygen atoms in total. The first-order valence-electron chi connectivity index (χ1n) is 7.86. The highest BCUT2D eigenvalue weighted by Crippen LogP contribution is 2.41. The van der Waals surface area contributed by atoms with E-state index in [-0.39, 0.29) is 0 Å². The van der Waals surface area contributed by atoms with Crippen molar-refractivity contribution in [2.24, 2.45) is 0 Å². The fraction of sp³-hybridized carbons (Fsp3) is 0.368. The maximum atomic E-state index is 5.61. The molecule has 0 bridgehead atoms. The Morgan fingerprint density at radius 3 is 2.95 bits per heavy atom. The van der Waals surface area contributed by atoms with E-state index in [1.54, 1.807) is 5.56 Å². The minimum Gasteiger partial charge on any atom is -0.493 e. The van der Waals surface area contributed by atoms with Crippen molar-refractivity contribution in [3.05, 3.63) is 64.7 Å². The highest BCUT2D eigenvalue weighted by atomic mass is 16.5. The third-order valence-corrected chi connectivity index (χ3v) is 4.95. The Hall–Kier alpha value is -1.80. The predicted octanol–water partition coefficient (Wildman–Crippen LogP) is 3.61. The molecule has 2 atom stereocenters. The zero-order valence-electron chi connectivity index (χ0n) is 12.4. The minimum absolute atomic E-state index is 0.425. The molecule has 108 valence electrons. The Labute approximate surface area is 126 Å². The summed E-state index contributed by atoms with van der Waals surface area (Å²) in [5.41, 5.74) is 5.83. The zero-order valence-corrected chi connectivity index (χ0v) is 12.4. The fourth-order valence-corrected chi connectivity index (χ4v) is 3.70. The van der Waals surface area contributed by atoms with E-state index >= 15 is 0 Å². The molecule has 1 N–H and O–H groups in total. The van der Waals surface area contributed by atoms with Crippen molar-refractivity contribution >= 4 is 0 Å². The fourth-order valence-electron chi connectivity index (χ4n) is 3.70. The van der Waals surface area contributed by atoms with Gasteiger partial charge >= 0.3 is 0 Å². The second-order valence-corrected chi connectivity index (χ2v) is 6.14. The molecule has 0 aromatic heterocycles. The lowest BCUT2D eigenvalue weighted by Gasteiger charge is -2.33. The smallest absolute Gasteiger partial charge is 0.122 e. The van der Waals surface area contributed by atoms with Crippen molar-refractivity contribution in [3.8, 4) is 5.75 Å². The van der Waals surface area contributed by atoms with E-state index < -0.39 is 0 Å². The van der Waals surface area contributed by atoms with Crippen LogP contribution in [0.5, 0.6) is 5.75 Å². The van der Waals surface area contributed by atoms with Crippen LogP contribution in [0.4, 0.5) is 0 Å². The average Bonchev–Trinajstić information content (AvgIpc) is 2.96. The summed E-state index contributed by atoms with van der Waals surface area (Å²) in [5.74, 6) is 1.77. The van der Waals surface area contributed by atoms with Crippen LogP contribution in [0, 0.1) is 0 Å². The molecule has 2 aromatic rings. The van der Waals surface area contributed by atoms with Gasteiger partial charge in [0.2, 0.25) is 0 Å². The summed E-state index contributed by atoms with van der Waals surface area (Å²) in [5, 5.41) is 3.50. The molecule has 2 unspecified atom stereocenters. The van der Waals surface area contributed by atoms with Gasteiger partial charge in [0.15, 0.2) is 0 Å². The number of nitrogens with one attached hydrogen (secondary N) is 1. The lowest BCUT2D eigenvalue weighted by molar-refractivity contribution is 0.356. The molecule has 0 amide bonds. The van der Waals surface area contributed by atoms with Crippen LogP contribution in [0.1, 0.15) is 40.6 Å². The van der Waals surface area contributed by atoms with E-state index in [0.717, 1.165) is 18.8 Å². The third kappa shape index (κ3) is 2.24. The summed E-state index contributed by atoms with van der Waals surface area (Å²) in [6.45, 7) is 0.832. The molecule has 2 aliphatic rings. The minimum atomic E-state index is 0.425. The van der Waals surface area contributed by atoms with Gasteiger partial charge in [-0.15, -0.1) is 0 Å². The Balaban J connectivity index is 1.53. The van der Waals surface area contributed by atoms with Crippen LogP contribution in [-0.4, -0.2) is 13.7 Å². The first-order chi connectivity index (χ1) is 10.3. The van der Waals surface area contributed by atoms with Gasteiger partial charge in [0.25, 0.3) is 0 Å². The van der Waals surface area contributed by atoms with Gasteiger partial charge in [-0.1, -0.05) is 36.4 Å². The lowest BCUT2D eigenvalue weighted by Crippen LogP contribution is -2.25. The summed E-state index contributed by atoms with van der Waals surface area (Å²) in [7, 11) is 2.07. The second-order valence-electron chi connectivity index (χ2n) is 6.14. The predicted molar refractivity (Wildman–Crippen MR) is 84.9 cm³/mol. The number of fused-ring (bicyclic) bond motifs is 2. The highest BCUT2D eigenvalue weighted by molar-refractivity contribution is 5.43. The largest absolute Gasteiger partial charge is 0.493 e. The van der Waals surface area contributed by atoms with Crippen LogP contribution >= 0.6 is 0 Å². The van der Waals surface area contributed by atoms with Crippen molar-refractivity contribution < 1.29 is 4.74 Å². The Morgan fingerprint density at radius 1 is 1.19 bits per heavy atom. The first kappa shape index (κ1) is 12.9. The van der Waals surface area contributed by atoms with Gasteiger partial charge in [-0.2, -0.15) is 0 Å². The van der Waals surface area contributed by atoms with Crippen LogP contribution in [0.15, 0.2) is 42.5 Å². The van der Waals surface area contributed by atoms with Crippen LogP contribution in [0.2, 0.25) is 0 Å². The number of benzene rings is 2. The van der Waals surface area contributed by atoms with E-state index in [1.807, 2.05) is 0 Å². The van der Waals surface area contributed by atoms with Crippen molar-refractivity contribution in [1.82, 2.24) is 5.32 Å². The van der Waals surface area contributed by atoms with Gasteiger partial charge in [0.1, 0.15) is 5.75 Å². The molecule has 4 rings (SSSR count). The summed E-state index contributed by atoms with van der Waals surface area (Å²) in [4.78, 5) is 0.